The van der Waals surface area contributed by atoms with Crippen LogP contribution < -0.4 is 5.32 Å². The van der Waals surface area contributed by atoms with Crippen LogP contribution in [0.3, 0.4) is 0 Å². The van der Waals surface area contributed by atoms with Crippen molar-refractivity contribution in [3.63, 3.8) is 0 Å². The highest BCUT2D eigenvalue weighted by Crippen LogP contribution is 2.30. The third kappa shape index (κ3) is 35.0. The fraction of sp³-hybridized carbons (Fsp3) is 0.953. The Morgan fingerprint density at radius 2 is 0.795 bits per heavy atom. The van der Waals surface area contributed by atoms with Gasteiger partial charge < -0.3 is 65.1 Å². The Labute approximate surface area is 476 Å². The molecule has 0 radical (unpaired) electrons. The Morgan fingerprint density at radius 3 is 1.18 bits per heavy atom. The first-order valence-corrected chi connectivity index (χ1v) is 32.9. The number of aliphatic hydroxyl groups is 8. The maximum Gasteiger partial charge on any atom is 0.220 e. The van der Waals surface area contributed by atoms with E-state index in [0.29, 0.717) is 6.42 Å². The molecule has 2 rings (SSSR count). The van der Waals surface area contributed by atoms with Crippen LogP contribution in [0.4, 0.5) is 0 Å². The average Bonchev–Trinajstić information content (AvgIpc) is 3.48. The number of hydrogen-bond acceptors (Lipinski definition) is 13. The highest BCUT2D eigenvalue weighted by molar-refractivity contribution is 5.76. The first-order chi connectivity index (χ1) is 38.1. The summed E-state index contributed by atoms with van der Waals surface area (Å²) in [5.74, 6) is -0.232. The van der Waals surface area contributed by atoms with Crippen molar-refractivity contribution in [2.24, 2.45) is 0 Å². The molecule has 12 atom stereocenters. The second-order valence-corrected chi connectivity index (χ2v) is 23.6. The van der Waals surface area contributed by atoms with E-state index in [0.717, 1.165) is 38.5 Å². The van der Waals surface area contributed by atoms with Crippen molar-refractivity contribution in [2.45, 2.75) is 370 Å². The van der Waals surface area contributed by atoms with Gasteiger partial charge in [-0.1, -0.05) is 283 Å². The first kappa shape index (κ1) is 72.8. The molecule has 2 fully saturated rings. The number of amides is 1. The van der Waals surface area contributed by atoms with Crippen molar-refractivity contribution in [1.82, 2.24) is 5.32 Å². The molecule has 0 spiro atoms. The van der Waals surface area contributed by atoms with Gasteiger partial charge in [-0.3, -0.25) is 4.79 Å². The van der Waals surface area contributed by atoms with Gasteiger partial charge in [0.25, 0.3) is 0 Å². The molecule has 0 bridgehead atoms. The highest BCUT2D eigenvalue weighted by Gasteiger charge is 2.51. The molecule has 0 aromatic rings. The number of aliphatic hydroxyl groups excluding tert-OH is 8. The number of carbonyl (C=O) groups is 1. The molecule has 14 heteroatoms. The third-order valence-electron chi connectivity index (χ3n) is 16.5. The van der Waals surface area contributed by atoms with Crippen LogP contribution in [0.5, 0.6) is 0 Å². The third-order valence-corrected chi connectivity index (χ3v) is 16.5. The van der Waals surface area contributed by atoms with Crippen LogP contribution in [0, 0.1) is 0 Å². The van der Waals surface area contributed by atoms with E-state index < -0.39 is 86.8 Å². The zero-order valence-corrected chi connectivity index (χ0v) is 49.9. The lowest BCUT2D eigenvalue weighted by molar-refractivity contribution is -0.359. The molecule has 0 saturated carbocycles. The van der Waals surface area contributed by atoms with Crippen molar-refractivity contribution >= 4 is 5.91 Å². The highest BCUT2D eigenvalue weighted by atomic mass is 16.7. The van der Waals surface area contributed by atoms with E-state index in [2.05, 4.69) is 19.2 Å². The van der Waals surface area contributed by atoms with E-state index in [9.17, 15) is 45.6 Å². The summed E-state index contributed by atoms with van der Waals surface area (Å²) in [7, 11) is 0. The van der Waals surface area contributed by atoms with Crippen LogP contribution >= 0.6 is 0 Å². The molecule has 1 amide bonds. The molecule has 0 aliphatic carbocycles. The second kappa shape index (κ2) is 50.3. The molecule has 0 aromatic heterocycles. The van der Waals surface area contributed by atoms with Crippen molar-refractivity contribution in [2.75, 3.05) is 19.8 Å². The fourth-order valence-electron chi connectivity index (χ4n) is 11.2. The summed E-state index contributed by atoms with van der Waals surface area (Å²) in [4.78, 5) is 13.3. The lowest BCUT2D eigenvalue weighted by Gasteiger charge is -2.46. The number of ether oxygens (including phenoxy) is 4. The van der Waals surface area contributed by atoms with E-state index >= 15 is 0 Å². The predicted molar refractivity (Wildman–Crippen MR) is 314 cm³/mol. The van der Waals surface area contributed by atoms with Gasteiger partial charge in [0.1, 0.15) is 48.8 Å². The Balaban J connectivity index is 1.67. The fourth-order valence-corrected chi connectivity index (χ4v) is 11.2. The van der Waals surface area contributed by atoms with Gasteiger partial charge in [0.15, 0.2) is 12.6 Å². The molecule has 14 nitrogen and oxygen atoms in total. The van der Waals surface area contributed by atoms with Crippen LogP contribution in [-0.4, -0.2) is 140 Å². The Hall–Kier alpha value is -1.27. The first-order valence-electron chi connectivity index (χ1n) is 32.9. The van der Waals surface area contributed by atoms with Crippen molar-refractivity contribution in [3.05, 3.63) is 12.2 Å². The summed E-state index contributed by atoms with van der Waals surface area (Å²) in [6, 6.07) is -0.910. The van der Waals surface area contributed by atoms with Crippen molar-refractivity contribution in [3.8, 4) is 0 Å². The number of allylic oxidation sites excluding steroid dienone is 1. The van der Waals surface area contributed by atoms with Crippen LogP contribution in [-0.2, 0) is 23.7 Å². The van der Waals surface area contributed by atoms with Gasteiger partial charge in [-0.2, -0.15) is 0 Å². The lowest BCUT2D eigenvalue weighted by atomic mass is 9.97. The number of hydrogen-bond donors (Lipinski definition) is 9. The van der Waals surface area contributed by atoms with Crippen LogP contribution in [0.15, 0.2) is 12.2 Å². The van der Waals surface area contributed by atoms with Crippen molar-refractivity contribution < 1.29 is 64.6 Å². The van der Waals surface area contributed by atoms with Gasteiger partial charge in [-0.15, -0.1) is 0 Å². The van der Waals surface area contributed by atoms with E-state index in [1.165, 1.54) is 231 Å². The summed E-state index contributed by atoms with van der Waals surface area (Å²) in [5, 5.41) is 87.2. The quantitative estimate of drug-likeness (QED) is 0.0204. The Morgan fingerprint density at radius 1 is 0.449 bits per heavy atom. The summed E-state index contributed by atoms with van der Waals surface area (Å²) in [5.41, 5.74) is 0. The summed E-state index contributed by atoms with van der Waals surface area (Å²) in [6.07, 6.45) is 42.7. The number of unbranched alkanes of at least 4 members (excludes halogenated alkanes) is 41. The maximum absolute atomic E-state index is 13.3. The molecular formula is C64H123NO13. The number of rotatable bonds is 54. The molecule has 2 aliphatic rings. The summed E-state index contributed by atoms with van der Waals surface area (Å²) >= 11 is 0. The molecule has 2 aliphatic heterocycles. The molecule has 9 N–H and O–H groups in total. The van der Waals surface area contributed by atoms with Gasteiger partial charge in [-0.05, 0) is 19.3 Å². The minimum Gasteiger partial charge on any atom is -0.394 e. The second-order valence-electron chi connectivity index (χ2n) is 23.6. The Kier molecular flexibility index (Phi) is 46.9. The summed E-state index contributed by atoms with van der Waals surface area (Å²) < 4.78 is 22.8. The van der Waals surface area contributed by atoms with Crippen LogP contribution in [0.25, 0.3) is 0 Å². The molecule has 2 saturated heterocycles. The van der Waals surface area contributed by atoms with Crippen LogP contribution in [0.2, 0.25) is 0 Å². The maximum atomic E-state index is 13.3. The molecule has 12 unspecified atom stereocenters. The van der Waals surface area contributed by atoms with Gasteiger partial charge in [0.2, 0.25) is 5.91 Å². The van der Waals surface area contributed by atoms with E-state index in [-0.39, 0.29) is 18.9 Å². The number of carbonyl (C=O) groups excluding carboxylic acids is 1. The SMILES string of the molecule is CCCCCCCCCCCCCCCC/C=C/C(O)C(COC1OC(CO)C(OC2OC(CO)C(O)C(O)C2O)C(O)C1O)NC(=O)CCCCCCCCCCCCCCCCCCCCCCCCCCCCCC. The lowest BCUT2D eigenvalue weighted by Crippen LogP contribution is -2.65. The van der Waals surface area contributed by atoms with Crippen molar-refractivity contribution in [1.29, 1.82) is 0 Å². The minimum absolute atomic E-state index is 0.232. The average molecular weight is 1110 g/mol. The topological polar surface area (TPSA) is 228 Å². The minimum atomic E-state index is -1.79. The Bertz CT molecular complexity index is 1360. The smallest absolute Gasteiger partial charge is 0.220 e. The molecule has 0 aromatic carbocycles. The van der Waals surface area contributed by atoms with E-state index in [1.54, 1.807) is 6.08 Å². The zero-order chi connectivity index (χ0) is 56.7. The van der Waals surface area contributed by atoms with Gasteiger partial charge in [-0.25, -0.2) is 0 Å². The van der Waals surface area contributed by atoms with E-state index in [1.807, 2.05) is 6.08 Å². The molecular weight excluding hydrogens is 991 g/mol. The predicted octanol–water partition coefficient (Wildman–Crippen LogP) is 12.2. The monoisotopic (exact) mass is 1110 g/mol. The van der Waals surface area contributed by atoms with Crippen LogP contribution in [0.1, 0.15) is 296 Å². The molecule has 78 heavy (non-hydrogen) atoms. The number of nitrogens with one attached hydrogen (secondary N) is 1. The van der Waals surface area contributed by atoms with Gasteiger partial charge in [0, 0.05) is 6.42 Å². The standard InChI is InChI=1S/C64H123NO13/c1-3-5-7-9-11-13-15-17-19-21-22-23-24-25-26-27-28-29-30-31-32-34-36-38-40-42-44-46-48-56(69)65-52(53(68)47-45-43-41-39-37-35-33-20-18-16-14-12-10-8-6-4-2)51-75-63-61(74)59(72)62(55(50-67)77-63)78-64-60(73)58(71)57(70)54(49-66)76-64/h45,47,52-55,57-64,66-68,70-74H,3-44,46,48-51H2,1-2H3,(H,65,69)/b47-45+. The van der Waals surface area contributed by atoms with Gasteiger partial charge in [0.05, 0.1) is 32.0 Å². The molecule has 462 valence electrons. The van der Waals surface area contributed by atoms with E-state index in [4.69, 9.17) is 18.9 Å². The zero-order valence-electron chi connectivity index (χ0n) is 49.9. The summed E-state index contributed by atoms with van der Waals surface area (Å²) in [6.45, 7) is 2.84. The largest absolute Gasteiger partial charge is 0.394 e. The normalized spacial score (nSPS) is 24.5. The molecule has 2 heterocycles. The van der Waals surface area contributed by atoms with Gasteiger partial charge >= 0.3 is 0 Å².